The van der Waals surface area contributed by atoms with Crippen LogP contribution in [-0.2, 0) is 11.1 Å². The molecule has 0 saturated heterocycles. The SMILES string of the molecule is N#Cc1c(Cl)cccc1Oc1ccc(S(=O)O)cc1. The summed E-state index contributed by atoms with van der Waals surface area (Å²) in [6.07, 6.45) is 0. The average molecular weight is 294 g/mol. The van der Waals surface area contributed by atoms with E-state index in [4.69, 9.17) is 26.2 Å². The second kappa shape index (κ2) is 5.85. The van der Waals surface area contributed by atoms with Crippen molar-refractivity contribution in [3.05, 3.63) is 53.1 Å². The lowest BCUT2D eigenvalue weighted by molar-refractivity contribution is 0.480. The van der Waals surface area contributed by atoms with Crippen LogP contribution in [0.15, 0.2) is 47.4 Å². The van der Waals surface area contributed by atoms with E-state index in [1.807, 2.05) is 6.07 Å². The van der Waals surface area contributed by atoms with Crippen molar-refractivity contribution in [2.24, 2.45) is 0 Å². The van der Waals surface area contributed by atoms with Gasteiger partial charge in [0.15, 0.2) is 11.1 Å². The zero-order chi connectivity index (χ0) is 13.8. The second-order valence-electron chi connectivity index (χ2n) is 3.55. The minimum atomic E-state index is -2.02. The number of nitrogens with zero attached hydrogens (tertiary/aromatic N) is 1. The predicted octanol–water partition coefficient (Wildman–Crippen LogP) is 3.58. The summed E-state index contributed by atoms with van der Waals surface area (Å²) in [6.45, 7) is 0. The minimum Gasteiger partial charge on any atom is -0.456 e. The van der Waals surface area contributed by atoms with Gasteiger partial charge in [0, 0.05) is 0 Å². The third-order valence-corrected chi connectivity index (χ3v) is 3.33. The van der Waals surface area contributed by atoms with Gasteiger partial charge < -0.3 is 9.29 Å². The fourth-order valence-corrected chi connectivity index (χ4v) is 2.03. The Bertz CT molecular complexity index is 665. The zero-order valence-corrected chi connectivity index (χ0v) is 11.1. The molecule has 0 bridgehead atoms. The number of nitriles is 1. The molecule has 0 heterocycles. The van der Waals surface area contributed by atoms with E-state index in [9.17, 15) is 4.21 Å². The zero-order valence-electron chi connectivity index (χ0n) is 9.54. The molecule has 0 aliphatic rings. The van der Waals surface area contributed by atoms with Crippen molar-refractivity contribution >= 4 is 22.7 Å². The molecule has 0 aliphatic heterocycles. The van der Waals surface area contributed by atoms with E-state index in [0.29, 0.717) is 16.5 Å². The molecule has 2 aromatic rings. The van der Waals surface area contributed by atoms with Crippen molar-refractivity contribution in [2.45, 2.75) is 4.90 Å². The Balaban J connectivity index is 2.29. The highest BCUT2D eigenvalue weighted by Crippen LogP contribution is 2.29. The first kappa shape index (κ1) is 13.6. The predicted molar refractivity (Wildman–Crippen MR) is 71.7 cm³/mol. The van der Waals surface area contributed by atoms with Crippen molar-refractivity contribution in [2.75, 3.05) is 0 Å². The van der Waals surface area contributed by atoms with Crippen molar-refractivity contribution in [1.82, 2.24) is 0 Å². The Morgan fingerprint density at radius 1 is 1.21 bits per heavy atom. The molecule has 0 amide bonds. The Morgan fingerprint density at radius 2 is 1.89 bits per heavy atom. The average Bonchev–Trinajstić information content (AvgIpc) is 2.39. The minimum absolute atomic E-state index is 0.249. The van der Waals surface area contributed by atoms with Crippen LogP contribution in [-0.4, -0.2) is 8.76 Å². The van der Waals surface area contributed by atoms with Crippen LogP contribution in [0.3, 0.4) is 0 Å². The summed E-state index contributed by atoms with van der Waals surface area (Å²) in [6, 6.07) is 12.9. The van der Waals surface area contributed by atoms with E-state index in [1.54, 1.807) is 30.3 Å². The van der Waals surface area contributed by atoms with Crippen LogP contribution in [0.1, 0.15) is 5.56 Å². The monoisotopic (exact) mass is 293 g/mol. The molecule has 0 spiro atoms. The quantitative estimate of drug-likeness (QED) is 0.878. The molecule has 1 unspecified atom stereocenters. The number of ether oxygens (including phenoxy) is 1. The van der Waals surface area contributed by atoms with Crippen LogP contribution < -0.4 is 4.74 Å². The Morgan fingerprint density at radius 3 is 2.47 bits per heavy atom. The summed E-state index contributed by atoms with van der Waals surface area (Å²) < 4.78 is 25.2. The number of hydrogen-bond acceptors (Lipinski definition) is 3. The molecule has 6 heteroatoms. The molecule has 0 fully saturated rings. The van der Waals surface area contributed by atoms with Crippen LogP contribution in [0, 0.1) is 11.3 Å². The number of hydrogen-bond donors (Lipinski definition) is 1. The molecule has 2 rings (SSSR count). The second-order valence-corrected chi connectivity index (χ2v) is 4.92. The summed E-state index contributed by atoms with van der Waals surface area (Å²) in [5, 5.41) is 9.32. The first-order chi connectivity index (χ1) is 9.11. The number of halogens is 1. The number of benzene rings is 2. The maximum absolute atomic E-state index is 10.8. The van der Waals surface area contributed by atoms with Gasteiger partial charge in [-0.1, -0.05) is 17.7 Å². The molecule has 1 N–H and O–H groups in total. The molecule has 0 aliphatic carbocycles. The summed E-state index contributed by atoms with van der Waals surface area (Å²) in [5.41, 5.74) is 0.249. The van der Waals surface area contributed by atoms with Crippen LogP contribution in [0.25, 0.3) is 0 Å². The van der Waals surface area contributed by atoms with E-state index in [1.165, 1.54) is 12.1 Å². The molecule has 0 aromatic heterocycles. The Kier molecular flexibility index (Phi) is 4.17. The fourth-order valence-electron chi connectivity index (χ4n) is 1.45. The molecule has 0 radical (unpaired) electrons. The van der Waals surface area contributed by atoms with E-state index in [-0.39, 0.29) is 10.5 Å². The van der Waals surface area contributed by atoms with Gasteiger partial charge in [0.2, 0.25) is 0 Å². The summed E-state index contributed by atoms with van der Waals surface area (Å²) in [5.74, 6) is 0.792. The van der Waals surface area contributed by atoms with Crippen molar-refractivity contribution in [3.8, 4) is 17.6 Å². The van der Waals surface area contributed by atoms with Gasteiger partial charge in [0.25, 0.3) is 0 Å². The van der Waals surface area contributed by atoms with E-state index in [2.05, 4.69) is 0 Å². The van der Waals surface area contributed by atoms with Gasteiger partial charge >= 0.3 is 0 Å². The lowest BCUT2D eigenvalue weighted by atomic mass is 10.2. The van der Waals surface area contributed by atoms with Crippen molar-refractivity contribution < 1.29 is 13.5 Å². The van der Waals surface area contributed by atoms with Gasteiger partial charge in [0.1, 0.15) is 23.1 Å². The maximum Gasteiger partial charge on any atom is 0.186 e. The summed E-state index contributed by atoms with van der Waals surface area (Å²) in [7, 11) is 0. The lowest BCUT2D eigenvalue weighted by Crippen LogP contribution is -1.91. The van der Waals surface area contributed by atoms with Crippen molar-refractivity contribution in [3.63, 3.8) is 0 Å². The fraction of sp³-hybridized carbons (Fsp3) is 0. The molecule has 19 heavy (non-hydrogen) atoms. The molecule has 2 aromatic carbocycles. The molecular weight excluding hydrogens is 286 g/mol. The smallest absolute Gasteiger partial charge is 0.186 e. The topological polar surface area (TPSA) is 70.3 Å². The lowest BCUT2D eigenvalue weighted by Gasteiger charge is -2.08. The van der Waals surface area contributed by atoms with E-state index < -0.39 is 11.1 Å². The van der Waals surface area contributed by atoms with Crippen LogP contribution >= 0.6 is 11.6 Å². The van der Waals surface area contributed by atoms with E-state index >= 15 is 0 Å². The van der Waals surface area contributed by atoms with Crippen molar-refractivity contribution in [1.29, 1.82) is 5.26 Å². The molecule has 0 saturated carbocycles. The first-order valence-electron chi connectivity index (χ1n) is 5.19. The molecular formula is C13H8ClNO3S. The molecule has 96 valence electrons. The highest BCUT2D eigenvalue weighted by Gasteiger charge is 2.08. The van der Waals surface area contributed by atoms with Gasteiger partial charge in [0.05, 0.1) is 9.92 Å². The van der Waals surface area contributed by atoms with Gasteiger partial charge in [-0.3, -0.25) is 0 Å². The third-order valence-electron chi connectivity index (χ3n) is 2.34. The van der Waals surface area contributed by atoms with Crippen LogP contribution in [0.2, 0.25) is 5.02 Å². The standard InChI is InChI=1S/C13H8ClNO3S/c14-12-2-1-3-13(11(12)8-15)18-9-4-6-10(7-5-9)19(16)17/h1-7H,(H,16,17). The largest absolute Gasteiger partial charge is 0.456 e. The van der Waals surface area contributed by atoms with E-state index in [0.717, 1.165) is 0 Å². The molecule has 4 nitrogen and oxygen atoms in total. The summed E-state index contributed by atoms with van der Waals surface area (Å²) >= 11 is 3.86. The highest BCUT2D eigenvalue weighted by atomic mass is 35.5. The Hall–Kier alpha value is -1.87. The Labute approximate surface area is 117 Å². The van der Waals surface area contributed by atoms with Crippen LogP contribution in [0.5, 0.6) is 11.5 Å². The first-order valence-corrected chi connectivity index (χ1v) is 6.67. The van der Waals surface area contributed by atoms with Gasteiger partial charge in [-0.05, 0) is 36.4 Å². The third kappa shape index (κ3) is 3.12. The highest BCUT2D eigenvalue weighted by molar-refractivity contribution is 7.79. The van der Waals surface area contributed by atoms with Gasteiger partial charge in [-0.25, -0.2) is 4.21 Å². The van der Waals surface area contributed by atoms with Crippen LogP contribution in [0.4, 0.5) is 0 Å². The maximum atomic E-state index is 10.8. The molecule has 1 atom stereocenters. The van der Waals surface area contributed by atoms with Gasteiger partial charge in [-0.15, -0.1) is 0 Å². The summed E-state index contributed by atoms with van der Waals surface area (Å²) in [4.78, 5) is 0.277. The van der Waals surface area contributed by atoms with Gasteiger partial charge in [-0.2, -0.15) is 5.26 Å². The normalized spacial score (nSPS) is 11.6. The number of rotatable bonds is 3.